The highest BCUT2D eigenvalue weighted by Gasteiger charge is 2.31. The van der Waals surface area contributed by atoms with Crippen LogP contribution in [0.25, 0.3) is 22.3 Å². The van der Waals surface area contributed by atoms with Crippen molar-refractivity contribution >= 4 is 123 Å². The molecule has 0 aromatic heterocycles. The van der Waals surface area contributed by atoms with Crippen molar-refractivity contribution < 1.29 is 8.42 Å². The molecule has 0 N–H and O–H groups in total. The van der Waals surface area contributed by atoms with Crippen molar-refractivity contribution in [3.63, 3.8) is 0 Å². The Bertz CT molecular complexity index is 1370. The van der Waals surface area contributed by atoms with E-state index in [1.54, 1.807) is 24.3 Å². The number of hydrogen-bond donors (Lipinski definition) is 0. The summed E-state index contributed by atoms with van der Waals surface area (Å²) in [6, 6.07) is 25.7. The molecular weight excluding hydrogens is 955 g/mol. The van der Waals surface area contributed by atoms with E-state index < -0.39 is 9.84 Å². The zero-order valence-electron chi connectivity index (χ0n) is 17.7. The minimum atomic E-state index is -3.97. The van der Waals surface area contributed by atoms with Crippen LogP contribution < -0.4 is 0 Å². The first-order valence-electron chi connectivity index (χ1n) is 10.2. The van der Waals surface area contributed by atoms with Gasteiger partial charge in [-0.2, -0.15) is 0 Å². The Balaban J connectivity index is 2.12. The smallest absolute Gasteiger partial charge is 0.207 e. The maximum atomic E-state index is 14.5. The normalized spacial score (nSPS) is 11.9. The van der Waals surface area contributed by atoms with Crippen LogP contribution in [0.4, 0.5) is 0 Å². The molecule has 0 bridgehead atoms. The number of sulfone groups is 1. The van der Waals surface area contributed by atoms with Gasteiger partial charge in [0.15, 0.2) is 0 Å². The molecule has 2 nitrogen and oxygen atoms in total. The molecule has 0 saturated heterocycles. The van der Waals surface area contributed by atoms with Gasteiger partial charge in [0.05, 0.1) is 13.7 Å². The fourth-order valence-electron chi connectivity index (χ4n) is 3.95. The van der Waals surface area contributed by atoms with Gasteiger partial charge in [0.1, 0.15) is 0 Å². The average Bonchev–Trinajstić information content (AvgIpc) is 2.83. The molecule has 0 unspecified atom stereocenters. The summed E-state index contributed by atoms with van der Waals surface area (Å²) >= 11 is 22.3. The Morgan fingerprint density at radius 3 is 1.20 bits per heavy atom. The lowest BCUT2D eigenvalue weighted by Gasteiger charge is -2.21. The lowest BCUT2D eigenvalue weighted by molar-refractivity contribution is 0.596. The fraction of sp³-hybridized carbons (Fsp3) is 0.0769. The SMILES string of the molecule is O=S(=O)(c1ccc(Cl)c(C(I)I)c1-c1ccccc1)c1ccc(Cl)c(C(I)I)c1-c1ccccc1. The molecular formula is C26H16Cl2I4O2S. The summed E-state index contributed by atoms with van der Waals surface area (Å²) in [5.41, 5.74) is 4.44. The van der Waals surface area contributed by atoms with Crippen molar-refractivity contribution in [3.8, 4) is 22.3 Å². The third-order valence-corrected chi connectivity index (χ3v) is 10.4. The lowest BCUT2D eigenvalue weighted by Crippen LogP contribution is -2.09. The molecule has 0 spiro atoms. The van der Waals surface area contributed by atoms with Crippen LogP contribution in [0.2, 0.25) is 10.0 Å². The molecule has 4 rings (SSSR count). The Morgan fingerprint density at radius 2 is 0.886 bits per heavy atom. The predicted octanol–water partition coefficient (Wildman–Crippen LogP) is 10.9. The first-order chi connectivity index (χ1) is 16.6. The molecule has 0 saturated carbocycles. The molecule has 0 aliphatic rings. The minimum absolute atomic E-state index is 0.0366. The molecule has 4 aromatic carbocycles. The van der Waals surface area contributed by atoms with Crippen molar-refractivity contribution in [2.24, 2.45) is 0 Å². The largest absolute Gasteiger partial charge is 0.218 e. The monoisotopic (exact) mass is 970 g/mol. The second-order valence-corrected chi connectivity index (χ2v) is 20.0. The van der Waals surface area contributed by atoms with Crippen LogP contribution in [0.1, 0.15) is 15.0 Å². The van der Waals surface area contributed by atoms with Crippen molar-refractivity contribution in [1.29, 1.82) is 0 Å². The molecule has 180 valence electrons. The number of hydrogen-bond acceptors (Lipinski definition) is 2. The summed E-state index contributed by atoms with van der Waals surface area (Å²) in [5.74, 6) is 0. The number of benzene rings is 4. The van der Waals surface area contributed by atoms with E-state index in [1.165, 1.54) is 0 Å². The van der Waals surface area contributed by atoms with Gasteiger partial charge in [0.2, 0.25) is 9.84 Å². The second-order valence-electron chi connectivity index (χ2n) is 7.51. The highest BCUT2D eigenvalue weighted by molar-refractivity contribution is 14.2. The van der Waals surface area contributed by atoms with Crippen molar-refractivity contribution in [1.82, 2.24) is 0 Å². The number of rotatable bonds is 6. The van der Waals surface area contributed by atoms with E-state index in [0.717, 1.165) is 22.3 Å². The van der Waals surface area contributed by atoms with Crippen LogP contribution in [0.15, 0.2) is 94.7 Å². The van der Waals surface area contributed by atoms with Crippen LogP contribution in [0.5, 0.6) is 0 Å². The van der Waals surface area contributed by atoms with Gasteiger partial charge in [-0.25, -0.2) is 8.42 Å². The van der Waals surface area contributed by atoms with Crippen LogP contribution in [0, 0.1) is 0 Å². The van der Waals surface area contributed by atoms with Gasteiger partial charge in [0.25, 0.3) is 0 Å². The van der Waals surface area contributed by atoms with E-state index in [4.69, 9.17) is 23.2 Å². The zero-order valence-corrected chi connectivity index (χ0v) is 28.7. The number of halogens is 6. The summed E-state index contributed by atoms with van der Waals surface area (Å²) in [6.07, 6.45) is 0. The molecule has 0 atom stereocenters. The van der Waals surface area contributed by atoms with Crippen LogP contribution in [-0.4, -0.2) is 8.42 Å². The van der Waals surface area contributed by atoms with E-state index in [-0.39, 0.29) is 13.7 Å². The van der Waals surface area contributed by atoms with Crippen molar-refractivity contribution in [3.05, 3.63) is 106 Å². The molecule has 9 heteroatoms. The lowest BCUT2D eigenvalue weighted by atomic mass is 10.0. The molecule has 0 fully saturated rings. The van der Waals surface area contributed by atoms with Gasteiger partial charge in [-0.05, 0) is 35.4 Å². The van der Waals surface area contributed by atoms with Gasteiger partial charge in [-0.3, -0.25) is 0 Å². The molecule has 0 amide bonds. The van der Waals surface area contributed by atoms with Crippen LogP contribution in [-0.2, 0) is 9.84 Å². The third kappa shape index (κ3) is 5.85. The molecule has 0 heterocycles. The average molecular weight is 971 g/mol. The van der Waals surface area contributed by atoms with Crippen LogP contribution >= 0.6 is 114 Å². The Morgan fingerprint density at radius 1 is 0.543 bits per heavy atom. The summed E-state index contributed by atoms with van der Waals surface area (Å²) < 4.78 is 28.9. The summed E-state index contributed by atoms with van der Waals surface area (Å²) in [4.78, 5) is 0.454. The molecule has 0 aliphatic carbocycles. The van der Waals surface area contributed by atoms with Gasteiger partial charge in [0, 0.05) is 32.3 Å². The third-order valence-electron chi connectivity index (χ3n) is 5.45. The van der Waals surface area contributed by atoms with Gasteiger partial charge in [-0.1, -0.05) is 174 Å². The van der Waals surface area contributed by atoms with Gasteiger partial charge >= 0.3 is 0 Å². The maximum absolute atomic E-state index is 14.5. The molecule has 4 aromatic rings. The fourth-order valence-corrected chi connectivity index (χ4v) is 9.53. The van der Waals surface area contributed by atoms with Crippen LogP contribution in [0.3, 0.4) is 0 Å². The first-order valence-corrected chi connectivity index (χ1v) is 17.4. The Kier molecular flexibility index (Phi) is 9.73. The summed E-state index contributed by atoms with van der Waals surface area (Å²) in [7, 11) is -3.97. The van der Waals surface area contributed by atoms with E-state index in [1.807, 2.05) is 60.7 Å². The summed E-state index contributed by atoms with van der Waals surface area (Å²) in [6.45, 7) is 0. The predicted molar refractivity (Wildman–Crippen MR) is 181 cm³/mol. The Labute approximate surface area is 270 Å². The quantitative estimate of drug-likeness (QED) is 0.143. The zero-order chi connectivity index (χ0) is 25.3. The van der Waals surface area contributed by atoms with E-state index in [2.05, 4.69) is 90.4 Å². The topological polar surface area (TPSA) is 34.1 Å². The van der Waals surface area contributed by atoms with Gasteiger partial charge < -0.3 is 0 Å². The second kappa shape index (κ2) is 12.0. The molecule has 35 heavy (non-hydrogen) atoms. The molecule has 0 radical (unpaired) electrons. The Hall–Kier alpha value is 0.330. The van der Waals surface area contributed by atoms with Gasteiger partial charge in [-0.15, -0.1) is 0 Å². The highest BCUT2D eigenvalue weighted by Crippen LogP contribution is 2.49. The maximum Gasteiger partial charge on any atom is 0.207 e. The van der Waals surface area contributed by atoms with Crippen molar-refractivity contribution in [2.45, 2.75) is 13.7 Å². The summed E-state index contributed by atoms with van der Waals surface area (Å²) in [5, 5.41) is 1.08. The minimum Gasteiger partial charge on any atom is -0.218 e. The standard InChI is InChI=1S/C26H16Cl2I4O2S/c27-17-11-13-19(21(23(17)25(29)30)15-7-3-1-4-8-15)35(33,34)20-14-12-18(28)24(26(31)32)22(20)16-9-5-2-6-10-16/h1-14,25-26H. The number of alkyl halides is 4. The van der Waals surface area contributed by atoms with E-state index in [9.17, 15) is 8.42 Å². The molecule has 0 aliphatic heterocycles. The van der Waals surface area contributed by atoms with E-state index >= 15 is 0 Å². The highest BCUT2D eigenvalue weighted by atomic mass is 127. The van der Waals surface area contributed by atoms with Crippen molar-refractivity contribution in [2.75, 3.05) is 0 Å². The first kappa shape index (κ1) is 28.3. The van der Waals surface area contributed by atoms with E-state index in [0.29, 0.717) is 21.2 Å².